The zero-order chi connectivity index (χ0) is 19.4. The summed E-state index contributed by atoms with van der Waals surface area (Å²) < 4.78 is 2.08. The Kier molecular flexibility index (Phi) is 5.85. The van der Waals surface area contributed by atoms with Crippen molar-refractivity contribution in [2.45, 2.75) is 64.7 Å². The third-order valence-corrected chi connectivity index (χ3v) is 6.25. The van der Waals surface area contributed by atoms with Crippen molar-refractivity contribution in [3.63, 3.8) is 0 Å². The lowest BCUT2D eigenvalue weighted by Gasteiger charge is -2.39. The third-order valence-electron chi connectivity index (χ3n) is 6.25. The van der Waals surface area contributed by atoms with Crippen LogP contribution in [0.1, 0.15) is 64.1 Å². The molecule has 2 aliphatic carbocycles. The number of allylic oxidation sites excluding steroid dienone is 7. The van der Waals surface area contributed by atoms with Crippen molar-refractivity contribution in [3.05, 3.63) is 60.0 Å². The van der Waals surface area contributed by atoms with Crippen molar-refractivity contribution in [3.8, 4) is 6.07 Å². The van der Waals surface area contributed by atoms with Crippen LogP contribution >= 0.6 is 0 Å². The third kappa shape index (κ3) is 3.86. The van der Waals surface area contributed by atoms with E-state index >= 15 is 0 Å². The Labute approximate surface area is 163 Å². The summed E-state index contributed by atoms with van der Waals surface area (Å²) >= 11 is 0. The average Bonchev–Trinajstić information content (AvgIpc) is 3.15. The van der Waals surface area contributed by atoms with Crippen LogP contribution in [0.15, 0.2) is 48.7 Å². The highest BCUT2D eigenvalue weighted by atomic mass is 15.3. The van der Waals surface area contributed by atoms with E-state index in [2.05, 4.69) is 68.6 Å². The van der Waals surface area contributed by atoms with Crippen LogP contribution in [-0.2, 0) is 11.8 Å². The van der Waals surface area contributed by atoms with Crippen LogP contribution < -0.4 is 0 Å². The Morgan fingerprint density at radius 2 is 2.33 bits per heavy atom. The molecule has 27 heavy (non-hydrogen) atoms. The Bertz CT molecular complexity index is 830. The lowest BCUT2D eigenvalue weighted by molar-refractivity contribution is 0.265. The van der Waals surface area contributed by atoms with E-state index in [0.29, 0.717) is 11.8 Å². The molecule has 3 heteroatoms. The van der Waals surface area contributed by atoms with Crippen molar-refractivity contribution in [2.24, 2.45) is 11.8 Å². The van der Waals surface area contributed by atoms with E-state index in [1.54, 1.807) is 0 Å². The number of nitrogens with zero attached hydrogens (tertiary/aromatic N) is 3. The van der Waals surface area contributed by atoms with Gasteiger partial charge in [0.15, 0.2) is 0 Å². The first kappa shape index (κ1) is 19.4. The second-order valence-corrected chi connectivity index (χ2v) is 8.17. The minimum absolute atomic E-state index is 0.206. The van der Waals surface area contributed by atoms with Crippen LogP contribution in [0.5, 0.6) is 0 Å². The van der Waals surface area contributed by atoms with Gasteiger partial charge in [-0.1, -0.05) is 45.1 Å². The molecule has 142 valence electrons. The van der Waals surface area contributed by atoms with Gasteiger partial charge in [0, 0.05) is 22.9 Å². The van der Waals surface area contributed by atoms with Crippen molar-refractivity contribution in [1.82, 2.24) is 9.78 Å². The number of fused-ring (bicyclic) bond motifs is 1. The molecular formula is C24H31N3. The van der Waals surface area contributed by atoms with Crippen LogP contribution in [0.2, 0.25) is 0 Å². The van der Waals surface area contributed by atoms with Gasteiger partial charge in [0.25, 0.3) is 0 Å². The maximum absolute atomic E-state index is 9.57. The fraction of sp³-hybridized carbons (Fsp3) is 0.500. The SMILES string of the molecule is C=CC(C)CC1CCc2cn(C3=CC=CCC3)nc2C1(C)/C=C(/C#N)CC. The standard InChI is InChI=1S/C24H31N3/c1-5-18(3)14-21-13-12-20-17-27(22-10-8-7-9-11-22)26-23(20)24(21,4)15-19(6-2)16-25/h5,7-8,10,15,17-18,21H,1,6,9,11-14H2,2-4H3/b19-15+. The highest BCUT2D eigenvalue weighted by molar-refractivity contribution is 5.51. The summed E-state index contributed by atoms with van der Waals surface area (Å²) in [4.78, 5) is 0. The summed E-state index contributed by atoms with van der Waals surface area (Å²) in [6, 6.07) is 2.40. The second kappa shape index (κ2) is 8.13. The second-order valence-electron chi connectivity index (χ2n) is 8.17. The van der Waals surface area contributed by atoms with Gasteiger partial charge in [0.05, 0.1) is 11.8 Å². The zero-order valence-corrected chi connectivity index (χ0v) is 16.9. The molecule has 0 fully saturated rings. The maximum atomic E-state index is 9.57. The Hall–Kier alpha value is -2.34. The molecule has 0 saturated carbocycles. The fourth-order valence-corrected chi connectivity index (χ4v) is 4.47. The van der Waals surface area contributed by atoms with Crippen molar-refractivity contribution in [1.29, 1.82) is 5.26 Å². The van der Waals surface area contributed by atoms with Crippen molar-refractivity contribution >= 4 is 5.70 Å². The van der Waals surface area contributed by atoms with Gasteiger partial charge in [-0.25, -0.2) is 4.68 Å². The molecule has 0 aromatic carbocycles. The Balaban J connectivity index is 2.07. The van der Waals surface area contributed by atoms with Gasteiger partial charge in [-0.3, -0.25) is 0 Å². The van der Waals surface area contributed by atoms with Crippen LogP contribution in [-0.4, -0.2) is 9.78 Å². The quantitative estimate of drug-likeness (QED) is 0.463. The summed E-state index contributed by atoms with van der Waals surface area (Å²) in [5.74, 6) is 0.932. The Morgan fingerprint density at radius 1 is 1.52 bits per heavy atom. The van der Waals surface area contributed by atoms with Crippen LogP contribution in [0.25, 0.3) is 5.70 Å². The lowest BCUT2D eigenvalue weighted by Crippen LogP contribution is -2.36. The molecule has 0 bridgehead atoms. The molecule has 1 aromatic heterocycles. The maximum Gasteiger partial charge on any atom is 0.0943 e. The van der Waals surface area contributed by atoms with Gasteiger partial charge >= 0.3 is 0 Å². The van der Waals surface area contributed by atoms with E-state index in [-0.39, 0.29) is 5.41 Å². The van der Waals surface area contributed by atoms with Crippen LogP contribution in [0.4, 0.5) is 0 Å². The molecule has 1 aromatic rings. The summed E-state index contributed by atoms with van der Waals surface area (Å²) in [5, 5.41) is 14.6. The molecule has 0 saturated heterocycles. The molecule has 3 unspecified atom stereocenters. The molecule has 0 amide bonds. The highest BCUT2D eigenvalue weighted by Gasteiger charge is 2.42. The molecule has 3 atom stereocenters. The molecule has 0 aliphatic heterocycles. The minimum Gasteiger partial charge on any atom is -0.245 e. The molecule has 0 radical (unpaired) electrons. The first-order valence-electron chi connectivity index (χ1n) is 10.2. The predicted octanol–water partition coefficient (Wildman–Crippen LogP) is 5.97. The largest absolute Gasteiger partial charge is 0.245 e. The van der Waals surface area contributed by atoms with Gasteiger partial charge in [0.1, 0.15) is 0 Å². The number of nitriles is 1. The van der Waals surface area contributed by atoms with Crippen molar-refractivity contribution < 1.29 is 0 Å². The average molecular weight is 362 g/mol. The first-order chi connectivity index (χ1) is 13.0. The minimum atomic E-state index is -0.206. The van der Waals surface area contributed by atoms with Crippen LogP contribution in [0, 0.1) is 23.2 Å². The summed E-state index contributed by atoms with van der Waals surface area (Å²) in [6.07, 6.45) is 19.1. The predicted molar refractivity (Wildman–Crippen MR) is 112 cm³/mol. The number of aromatic nitrogens is 2. The van der Waals surface area contributed by atoms with E-state index in [1.807, 2.05) is 6.08 Å². The summed E-state index contributed by atoms with van der Waals surface area (Å²) in [6.45, 7) is 10.5. The molecule has 3 rings (SSSR count). The number of rotatable bonds is 6. The number of hydrogen-bond acceptors (Lipinski definition) is 2. The van der Waals surface area contributed by atoms with Gasteiger partial charge in [-0.05, 0) is 62.0 Å². The first-order valence-corrected chi connectivity index (χ1v) is 10.2. The summed E-state index contributed by atoms with van der Waals surface area (Å²) in [5.41, 5.74) is 4.40. The lowest BCUT2D eigenvalue weighted by atomic mass is 9.64. The normalized spacial score (nSPS) is 26.1. The van der Waals surface area contributed by atoms with Gasteiger partial charge < -0.3 is 0 Å². The van der Waals surface area contributed by atoms with E-state index < -0.39 is 0 Å². The molecule has 2 aliphatic rings. The van der Waals surface area contributed by atoms with E-state index in [1.165, 1.54) is 11.3 Å². The van der Waals surface area contributed by atoms with Crippen LogP contribution in [0.3, 0.4) is 0 Å². The van der Waals surface area contributed by atoms with E-state index in [9.17, 15) is 5.26 Å². The van der Waals surface area contributed by atoms with Gasteiger partial charge in [0.2, 0.25) is 0 Å². The highest BCUT2D eigenvalue weighted by Crippen LogP contribution is 2.46. The fourth-order valence-electron chi connectivity index (χ4n) is 4.47. The molecule has 0 spiro atoms. The van der Waals surface area contributed by atoms with Crippen molar-refractivity contribution in [2.75, 3.05) is 0 Å². The van der Waals surface area contributed by atoms with E-state index in [0.717, 1.165) is 49.8 Å². The van der Waals surface area contributed by atoms with E-state index in [4.69, 9.17) is 5.10 Å². The Morgan fingerprint density at radius 3 is 2.96 bits per heavy atom. The monoisotopic (exact) mass is 361 g/mol. The number of hydrogen-bond donors (Lipinski definition) is 0. The van der Waals surface area contributed by atoms with Gasteiger partial charge in [-0.15, -0.1) is 6.58 Å². The van der Waals surface area contributed by atoms with Gasteiger partial charge in [-0.2, -0.15) is 10.4 Å². The smallest absolute Gasteiger partial charge is 0.0943 e. The molecular weight excluding hydrogens is 330 g/mol. The summed E-state index contributed by atoms with van der Waals surface area (Å²) in [7, 11) is 0. The molecule has 3 nitrogen and oxygen atoms in total. The zero-order valence-electron chi connectivity index (χ0n) is 16.9. The molecule has 1 heterocycles. The number of aryl methyl sites for hydroxylation is 1. The molecule has 0 N–H and O–H groups in total. The topological polar surface area (TPSA) is 41.6 Å².